The van der Waals surface area contributed by atoms with Gasteiger partial charge in [0.25, 0.3) is 0 Å². The molecule has 0 saturated carbocycles. The number of nitrogens with zero attached hydrogens (tertiary/aromatic N) is 1. The molecular weight excluding hydrogens is 210 g/mol. The van der Waals surface area contributed by atoms with Gasteiger partial charge in [0.2, 0.25) is 0 Å². The van der Waals surface area contributed by atoms with Crippen molar-refractivity contribution in [3.63, 3.8) is 0 Å². The van der Waals surface area contributed by atoms with Gasteiger partial charge in [-0.1, -0.05) is 53.9 Å². The molecule has 0 saturated heterocycles. The summed E-state index contributed by atoms with van der Waals surface area (Å²) in [4.78, 5) is 2.52. The van der Waals surface area contributed by atoms with Crippen molar-refractivity contribution in [3.05, 3.63) is 0 Å². The van der Waals surface area contributed by atoms with Crippen molar-refractivity contribution in [1.82, 2.24) is 4.90 Å². The SMILES string of the molecule is CCCC(C)(CO)CN(CC)CC(CC)CC. The van der Waals surface area contributed by atoms with E-state index in [-0.39, 0.29) is 5.41 Å². The van der Waals surface area contributed by atoms with Gasteiger partial charge in [-0.15, -0.1) is 0 Å². The van der Waals surface area contributed by atoms with E-state index in [9.17, 15) is 5.11 Å². The van der Waals surface area contributed by atoms with Crippen molar-refractivity contribution in [1.29, 1.82) is 0 Å². The van der Waals surface area contributed by atoms with Crippen LogP contribution >= 0.6 is 0 Å². The van der Waals surface area contributed by atoms with Crippen molar-refractivity contribution in [2.45, 2.75) is 60.3 Å². The van der Waals surface area contributed by atoms with Crippen molar-refractivity contribution in [2.24, 2.45) is 11.3 Å². The molecule has 1 atom stereocenters. The van der Waals surface area contributed by atoms with Crippen LogP contribution in [-0.4, -0.2) is 36.2 Å². The largest absolute Gasteiger partial charge is 0.396 e. The van der Waals surface area contributed by atoms with Crippen molar-refractivity contribution in [3.8, 4) is 0 Å². The molecule has 0 aromatic rings. The Morgan fingerprint density at radius 2 is 1.71 bits per heavy atom. The summed E-state index contributed by atoms with van der Waals surface area (Å²) in [6.45, 7) is 14.8. The monoisotopic (exact) mass is 243 g/mol. The van der Waals surface area contributed by atoms with Gasteiger partial charge in [0, 0.05) is 25.1 Å². The van der Waals surface area contributed by atoms with E-state index < -0.39 is 0 Å². The third-order valence-electron chi connectivity index (χ3n) is 3.96. The molecule has 2 heteroatoms. The molecule has 0 amide bonds. The van der Waals surface area contributed by atoms with Gasteiger partial charge in [-0.3, -0.25) is 0 Å². The van der Waals surface area contributed by atoms with Gasteiger partial charge in [0.1, 0.15) is 0 Å². The third kappa shape index (κ3) is 6.42. The molecule has 0 aliphatic rings. The molecule has 1 N–H and O–H groups in total. The highest BCUT2D eigenvalue weighted by Crippen LogP contribution is 2.24. The normalized spacial score (nSPS) is 15.5. The molecule has 17 heavy (non-hydrogen) atoms. The van der Waals surface area contributed by atoms with Crippen LogP contribution in [0.2, 0.25) is 0 Å². The second-order valence-electron chi connectivity index (χ2n) is 5.73. The standard InChI is InChI=1S/C15H33NO/c1-6-10-15(5,13-17)12-16(9-4)11-14(7-2)8-3/h14,17H,6-13H2,1-5H3. The predicted molar refractivity (Wildman–Crippen MR) is 76.3 cm³/mol. The van der Waals surface area contributed by atoms with E-state index in [2.05, 4.69) is 39.5 Å². The van der Waals surface area contributed by atoms with Gasteiger partial charge in [-0.05, 0) is 18.9 Å². The fraction of sp³-hybridized carbons (Fsp3) is 1.00. The minimum Gasteiger partial charge on any atom is -0.396 e. The smallest absolute Gasteiger partial charge is 0.0497 e. The molecule has 0 aliphatic heterocycles. The molecule has 0 heterocycles. The lowest BCUT2D eigenvalue weighted by atomic mass is 9.85. The first-order chi connectivity index (χ1) is 8.05. The first-order valence-electron chi connectivity index (χ1n) is 7.38. The Morgan fingerprint density at radius 3 is 2.06 bits per heavy atom. The molecule has 0 aliphatic carbocycles. The minimum atomic E-state index is 0.0802. The molecule has 0 fully saturated rings. The number of aliphatic hydroxyl groups is 1. The van der Waals surface area contributed by atoms with Crippen LogP contribution < -0.4 is 0 Å². The zero-order valence-electron chi connectivity index (χ0n) is 12.6. The zero-order chi connectivity index (χ0) is 13.3. The molecule has 0 aromatic heterocycles. The lowest BCUT2D eigenvalue weighted by Crippen LogP contribution is -2.40. The topological polar surface area (TPSA) is 23.5 Å². The fourth-order valence-electron chi connectivity index (χ4n) is 2.57. The van der Waals surface area contributed by atoms with Gasteiger partial charge in [-0.2, -0.15) is 0 Å². The summed E-state index contributed by atoms with van der Waals surface area (Å²) in [6, 6.07) is 0. The summed E-state index contributed by atoms with van der Waals surface area (Å²) >= 11 is 0. The highest BCUT2D eigenvalue weighted by atomic mass is 16.3. The summed E-state index contributed by atoms with van der Waals surface area (Å²) in [5, 5.41) is 9.58. The number of hydrogen-bond donors (Lipinski definition) is 1. The average molecular weight is 243 g/mol. The second-order valence-corrected chi connectivity index (χ2v) is 5.73. The Labute approximate surface area is 108 Å². The Morgan fingerprint density at radius 1 is 1.12 bits per heavy atom. The van der Waals surface area contributed by atoms with Gasteiger partial charge in [0.05, 0.1) is 0 Å². The Kier molecular flexibility index (Phi) is 8.89. The highest BCUT2D eigenvalue weighted by Gasteiger charge is 2.25. The Bertz CT molecular complexity index is 180. The molecule has 2 nitrogen and oxygen atoms in total. The van der Waals surface area contributed by atoms with Crippen LogP contribution in [0.1, 0.15) is 60.3 Å². The third-order valence-corrected chi connectivity index (χ3v) is 3.96. The molecule has 0 spiro atoms. The highest BCUT2D eigenvalue weighted by molar-refractivity contribution is 4.78. The fourth-order valence-corrected chi connectivity index (χ4v) is 2.57. The Hall–Kier alpha value is -0.0800. The lowest BCUT2D eigenvalue weighted by Gasteiger charge is -2.35. The van der Waals surface area contributed by atoms with E-state index in [1.54, 1.807) is 0 Å². The quantitative estimate of drug-likeness (QED) is 0.634. The van der Waals surface area contributed by atoms with Crippen LogP contribution in [0.25, 0.3) is 0 Å². The number of rotatable bonds is 10. The molecule has 104 valence electrons. The van der Waals surface area contributed by atoms with Gasteiger partial charge >= 0.3 is 0 Å². The van der Waals surface area contributed by atoms with Crippen LogP contribution in [0.4, 0.5) is 0 Å². The minimum absolute atomic E-state index is 0.0802. The van der Waals surface area contributed by atoms with Crippen LogP contribution in [0.15, 0.2) is 0 Å². The summed E-state index contributed by atoms with van der Waals surface area (Å²) in [6.07, 6.45) is 4.79. The van der Waals surface area contributed by atoms with Gasteiger partial charge in [0.15, 0.2) is 0 Å². The van der Waals surface area contributed by atoms with Gasteiger partial charge < -0.3 is 10.0 Å². The van der Waals surface area contributed by atoms with Crippen molar-refractivity contribution >= 4 is 0 Å². The molecule has 1 unspecified atom stereocenters. The summed E-state index contributed by atoms with van der Waals surface area (Å²) < 4.78 is 0. The number of aliphatic hydroxyl groups excluding tert-OH is 1. The molecule has 0 rings (SSSR count). The van der Waals surface area contributed by atoms with Crippen molar-refractivity contribution in [2.75, 3.05) is 26.2 Å². The summed E-state index contributed by atoms with van der Waals surface area (Å²) in [5.74, 6) is 0.805. The maximum absolute atomic E-state index is 9.58. The van der Waals surface area contributed by atoms with Crippen LogP contribution in [-0.2, 0) is 0 Å². The molecule has 0 aromatic carbocycles. The first-order valence-corrected chi connectivity index (χ1v) is 7.38. The summed E-state index contributed by atoms with van der Waals surface area (Å²) in [7, 11) is 0. The first kappa shape index (κ1) is 16.9. The molecular formula is C15H33NO. The van der Waals surface area contributed by atoms with Crippen molar-refractivity contribution < 1.29 is 5.11 Å². The van der Waals surface area contributed by atoms with E-state index in [0.717, 1.165) is 31.8 Å². The average Bonchev–Trinajstić information content (AvgIpc) is 2.34. The van der Waals surface area contributed by atoms with E-state index in [1.165, 1.54) is 19.4 Å². The van der Waals surface area contributed by atoms with Crippen LogP contribution in [0.5, 0.6) is 0 Å². The maximum Gasteiger partial charge on any atom is 0.0497 e. The van der Waals surface area contributed by atoms with Crippen LogP contribution in [0, 0.1) is 11.3 Å². The van der Waals surface area contributed by atoms with E-state index in [1.807, 2.05) is 0 Å². The maximum atomic E-state index is 9.58. The van der Waals surface area contributed by atoms with E-state index in [4.69, 9.17) is 0 Å². The van der Waals surface area contributed by atoms with Crippen LogP contribution in [0.3, 0.4) is 0 Å². The zero-order valence-corrected chi connectivity index (χ0v) is 12.6. The lowest BCUT2D eigenvalue weighted by molar-refractivity contribution is 0.0740. The van der Waals surface area contributed by atoms with E-state index in [0.29, 0.717) is 6.61 Å². The summed E-state index contributed by atoms with van der Waals surface area (Å²) in [5.41, 5.74) is 0.0802. The molecule has 0 bridgehead atoms. The predicted octanol–water partition coefficient (Wildman–Crippen LogP) is 3.54. The molecule has 0 radical (unpaired) electrons. The second kappa shape index (κ2) is 8.93. The Balaban J connectivity index is 4.35. The number of hydrogen-bond acceptors (Lipinski definition) is 2. The van der Waals surface area contributed by atoms with Gasteiger partial charge in [-0.25, -0.2) is 0 Å². The van der Waals surface area contributed by atoms with E-state index >= 15 is 0 Å².